The molecule has 0 fully saturated rings. The van der Waals surface area contributed by atoms with E-state index in [2.05, 4.69) is 16.0 Å². The van der Waals surface area contributed by atoms with Crippen LogP contribution in [0.2, 0.25) is 0 Å². The van der Waals surface area contributed by atoms with Gasteiger partial charge in [0.05, 0.1) is 31.5 Å². The number of amides is 2. The molecule has 138 valence electrons. The number of carbonyl (C=O) groups is 2. The van der Waals surface area contributed by atoms with Gasteiger partial charge in [-0.25, -0.2) is 0 Å². The lowest BCUT2D eigenvalue weighted by atomic mass is 10.1. The number of benzene rings is 2. The molecular weight excluding hydrogens is 334 g/mol. The number of carbonyl (C=O) groups excluding carboxylic acids is 2. The van der Waals surface area contributed by atoms with Crippen LogP contribution in [0.3, 0.4) is 0 Å². The van der Waals surface area contributed by atoms with Gasteiger partial charge >= 0.3 is 0 Å². The van der Waals surface area contributed by atoms with Crippen LogP contribution in [-0.2, 0) is 9.53 Å². The molecule has 0 saturated carbocycles. The minimum absolute atomic E-state index is 0.0143. The first-order valence-electron chi connectivity index (χ1n) is 8.18. The van der Waals surface area contributed by atoms with E-state index in [-0.39, 0.29) is 18.4 Å². The van der Waals surface area contributed by atoms with E-state index >= 15 is 0 Å². The van der Waals surface area contributed by atoms with E-state index in [1.807, 2.05) is 12.1 Å². The highest BCUT2D eigenvalue weighted by molar-refractivity contribution is 6.01. The van der Waals surface area contributed by atoms with Gasteiger partial charge in [-0.1, -0.05) is 24.3 Å². The molecule has 0 aliphatic rings. The Morgan fingerprint density at radius 1 is 0.962 bits per heavy atom. The fraction of sp³-hybridized carbons (Fsp3) is 0.263. The number of hydrogen-bond acceptors (Lipinski definition) is 5. The second kappa shape index (κ2) is 10.0. The van der Waals surface area contributed by atoms with Gasteiger partial charge in [-0.2, -0.15) is 0 Å². The van der Waals surface area contributed by atoms with Gasteiger partial charge in [-0.15, -0.1) is 0 Å². The SMILES string of the molecule is COCCNC(=O)c1ccccc1NCC(=O)Nc1ccccc1OC. The standard InChI is InChI=1S/C19H23N3O4/c1-25-12-11-20-19(24)14-7-3-4-8-15(14)21-13-18(23)22-16-9-5-6-10-17(16)26-2/h3-10,21H,11-13H2,1-2H3,(H,20,24)(H,22,23). The maximum atomic E-state index is 12.2. The number of rotatable bonds is 9. The molecule has 0 bridgehead atoms. The summed E-state index contributed by atoms with van der Waals surface area (Å²) in [5.41, 5.74) is 1.64. The van der Waals surface area contributed by atoms with Gasteiger partial charge in [-0.05, 0) is 24.3 Å². The Hall–Kier alpha value is -3.06. The van der Waals surface area contributed by atoms with Crippen molar-refractivity contribution < 1.29 is 19.1 Å². The average Bonchev–Trinajstić information content (AvgIpc) is 2.67. The number of nitrogens with one attached hydrogen (secondary N) is 3. The highest BCUT2D eigenvalue weighted by Gasteiger charge is 2.12. The monoisotopic (exact) mass is 357 g/mol. The lowest BCUT2D eigenvalue weighted by Crippen LogP contribution is -2.28. The molecule has 7 nitrogen and oxygen atoms in total. The molecule has 0 aliphatic heterocycles. The first-order valence-corrected chi connectivity index (χ1v) is 8.18. The van der Waals surface area contributed by atoms with Gasteiger partial charge in [0, 0.05) is 19.3 Å². The molecule has 0 heterocycles. The fourth-order valence-electron chi connectivity index (χ4n) is 2.31. The number of anilines is 2. The van der Waals surface area contributed by atoms with Gasteiger partial charge < -0.3 is 25.4 Å². The minimum Gasteiger partial charge on any atom is -0.495 e. The van der Waals surface area contributed by atoms with Crippen molar-refractivity contribution in [3.8, 4) is 5.75 Å². The quantitative estimate of drug-likeness (QED) is 0.598. The summed E-state index contributed by atoms with van der Waals surface area (Å²) in [5, 5.41) is 8.54. The average molecular weight is 357 g/mol. The van der Waals surface area contributed by atoms with E-state index < -0.39 is 0 Å². The Balaban J connectivity index is 1.96. The van der Waals surface area contributed by atoms with Crippen molar-refractivity contribution in [3.63, 3.8) is 0 Å². The number of ether oxygens (including phenoxy) is 2. The van der Waals surface area contributed by atoms with Crippen LogP contribution in [0.25, 0.3) is 0 Å². The molecule has 2 aromatic carbocycles. The number of para-hydroxylation sites is 3. The van der Waals surface area contributed by atoms with Gasteiger partial charge in [0.15, 0.2) is 0 Å². The highest BCUT2D eigenvalue weighted by atomic mass is 16.5. The molecule has 0 atom stereocenters. The van der Waals surface area contributed by atoms with Crippen molar-refractivity contribution in [2.45, 2.75) is 0 Å². The largest absolute Gasteiger partial charge is 0.495 e. The van der Waals surface area contributed by atoms with Gasteiger partial charge in [0.25, 0.3) is 5.91 Å². The van der Waals surface area contributed by atoms with Crippen LogP contribution >= 0.6 is 0 Å². The molecular formula is C19H23N3O4. The maximum absolute atomic E-state index is 12.2. The summed E-state index contributed by atoms with van der Waals surface area (Å²) < 4.78 is 10.1. The van der Waals surface area contributed by atoms with E-state index in [1.54, 1.807) is 50.6 Å². The van der Waals surface area contributed by atoms with Crippen molar-refractivity contribution in [2.75, 3.05) is 44.5 Å². The zero-order valence-corrected chi connectivity index (χ0v) is 14.9. The predicted octanol–water partition coefficient (Wildman–Crippen LogP) is 2.12. The Morgan fingerprint density at radius 2 is 1.65 bits per heavy atom. The van der Waals surface area contributed by atoms with E-state index in [0.29, 0.717) is 35.8 Å². The summed E-state index contributed by atoms with van der Waals surface area (Å²) in [6.07, 6.45) is 0. The molecule has 0 aromatic heterocycles. The lowest BCUT2D eigenvalue weighted by molar-refractivity contribution is -0.114. The van der Waals surface area contributed by atoms with E-state index in [4.69, 9.17) is 9.47 Å². The smallest absolute Gasteiger partial charge is 0.253 e. The summed E-state index contributed by atoms with van der Waals surface area (Å²) in [7, 11) is 3.11. The van der Waals surface area contributed by atoms with Gasteiger partial charge in [-0.3, -0.25) is 9.59 Å². The number of methoxy groups -OCH3 is 2. The molecule has 0 aliphatic carbocycles. The van der Waals surface area contributed by atoms with Gasteiger partial charge in [0.2, 0.25) is 5.91 Å². The topological polar surface area (TPSA) is 88.7 Å². The first-order chi connectivity index (χ1) is 12.7. The van der Waals surface area contributed by atoms with Crippen LogP contribution in [0.5, 0.6) is 5.75 Å². The normalized spacial score (nSPS) is 10.1. The van der Waals surface area contributed by atoms with Crippen molar-refractivity contribution in [2.24, 2.45) is 0 Å². The minimum atomic E-state index is -0.246. The lowest BCUT2D eigenvalue weighted by Gasteiger charge is -2.13. The zero-order chi connectivity index (χ0) is 18.8. The van der Waals surface area contributed by atoms with Crippen molar-refractivity contribution in [1.82, 2.24) is 5.32 Å². The molecule has 2 aromatic rings. The maximum Gasteiger partial charge on any atom is 0.253 e. The molecule has 2 rings (SSSR count). The summed E-state index contributed by atoms with van der Waals surface area (Å²) in [4.78, 5) is 24.4. The van der Waals surface area contributed by atoms with E-state index in [9.17, 15) is 9.59 Å². The van der Waals surface area contributed by atoms with Crippen molar-refractivity contribution in [3.05, 3.63) is 54.1 Å². The summed E-state index contributed by atoms with van der Waals surface area (Å²) in [5.74, 6) is 0.109. The molecule has 0 spiro atoms. The third-order valence-corrected chi connectivity index (χ3v) is 3.58. The second-order valence-electron chi connectivity index (χ2n) is 5.40. The molecule has 0 unspecified atom stereocenters. The summed E-state index contributed by atoms with van der Waals surface area (Å²) in [6, 6.07) is 14.2. The highest BCUT2D eigenvalue weighted by Crippen LogP contribution is 2.23. The van der Waals surface area contributed by atoms with Crippen LogP contribution in [0.15, 0.2) is 48.5 Å². The Morgan fingerprint density at radius 3 is 2.38 bits per heavy atom. The molecule has 0 saturated heterocycles. The van der Waals surface area contributed by atoms with E-state index in [0.717, 1.165) is 0 Å². The predicted molar refractivity (Wildman–Crippen MR) is 101 cm³/mol. The third kappa shape index (κ3) is 5.49. The second-order valence-corrected chi connectivity index (χ2v) is 5.40. The van der Waals surface area contributed by atoms with Crippen molar-refractivity contribution in [1.29, 1.82) is 0 Å². The Kier molecular flexibility index (Phi) is 7.45. The Bertz CT molecular complexity index is 749. The zero-order valence-electron chi connectivity index (χ0n) is 14.9. The van der Waals surface area contributed by atoms with Crippen LogP contribution in [0, 0.1) is 0 Å². The van der Waals surface area contributed by atoms with Crippen LogP contribution in [-0.4, -0.2) is 45.7 Å². The summed E-state index contributed by atoms with van der Waals surface area (Å²) in [6.45, 7) is 0.862. The number of hydrogen-bond donors (Lipinski definition) is 3. The third-order valence-electron chi connectivity index (χ3n) is 3.58. The van der Waals surface area contributed by atoms with Crippen LogP contribution < -0.4 is 20.7 Å². The van der Waals surface area contributed by atoms with E-state index in [1.165, 1.54) is 0 Å². The van der Waals surface area contributed by atoms with Crippen molar-refractivity contribution >= 4 is 23.2 Å². The van der Waals surface area contributed by atoms with Crippen LogP contribution in [0.4, 0.5) is 11.4 Å². The summed E-state index contributed by atoms with van der Waals surface area (Å²) >= 11 is 0. The molecule has 3 N–H and O–H groups in total. The molecule has 7 heteroatoms. The molecule has 26 heavy (non-hydrogen) atoms. The first kappa shape index (κ1) is 19.3. The van der Waals surface area contributed by atoms with Gasteiger partial charge in [0.1, 0.15) is 5.75 Å². The molecule has 2 amide bonds. The Labute approximate surface area is 152 Å². The van der Waals surface area contributed by atoms with Crippen LogP contribution in [0.1, 0.15) is 10.4 Å². The molecule has 0 radical (unpaired) electrons. The fourth-order valence-corrected chi connectivity index (χ4v) is 2.31.